The van der Waals surface area contributed by atoms with Gasteiger partial charge in [0.15, 0.2) is 5.82 Å². The third-order valence-corrected chi connectivity index (χ3v) is 3.11. The smallest absolute Gasteiger partial charge is 0.161 e. The summed E-state index contributed by atoms with van der Waals surface area (Å²) in [6, 6.07) is 7.49. The number of nitrogens with zero attached hydrogens (tertiary/aromatic N) is 2. The summed E-state index contributed by atoms with van der Waals surface area (Å²) >= 11 is 12.0. The summed E-state index contributed by atoms with van der Waals surface area (Å²) in [6.45, 7) is 4.11. The van der Waals surface area contributed by atoms with Gasteiger partial charge in [-0.2, -0.15) is 0 Å². The number of halogens is 2. The van der Waals surface area contributed by atoms with Gasteiger partial charge in [0.25, 0.3) is 0 Å². The molecule has 0 N–H and O–H groups in total. The first-order valence-electron chi connectivity index (χ1n) is 5.90. The van der Waals surface area contributed by atoms with E-state index < -0.39 is 0 Å². The first-order valence-corrected chi connectivity index (χ1v) is 6.65. The Morgan fingerprint density at radius 3 is 2.56 bits per heavy atom. The molecule has 94 valence electrons. The number of aromatic nitrogens is 2. The van der Waals surface area contributed by atoms with Crippen LogP contribution in [0.1, 0.15) is 24.6 Å². The van der Waals surface area contributed by atoms with Crippen molar-refractivity contribution in [3.05, 3.63) is 45.7 Å². The molecule has 0 spiro atoms. The van der Waals surface area contributed by atoms with E-state index in [1.807, 2.05) is 31.2 Å². The molecule has 0 amide bonds. The second kappa shape index (κ2) is 5.68. The van der Waals surface area contributed by atoms with E-state index in [0.717, 1.165) is 29.7 Å². The fourth-order valence-electron chi connectivity index (χ4n) is 1.85. The van der Waals surface area contributed by atoms with Crippen LogP contribution in [0.5, 0.6) is 0 Å². The van der Waals surface area contributed by atoms with Gasteiger partial charge in [0.1, 0.15) is 5.15 Å². The van der Waals surface area contributed by atoms with Gasteiger partial charge in [-0.25, -0.2) is 9.97 Å². The van der Waals surface area contributed by atoms with Gasteiger partial charge in [0.05, 0.1) is 0 Å². The summed E-state index contributed by atoms with van der Waals surface area (Å²) in [4.78, 5) is 8.83. The second-order valence-corrected chi connectivity index (χ2v) is 5.04. The van der Waals surface area contributed by atoms with Crippen molar-refractivity contribution in [1.29, 1.82) is 0 Å². The lowest BCUT2D eigenvalue weighted by molar-refractivity contribution is 0.875. The number of benzene rings is 1. The average molecular weight is 281 g/mol. The average Bonchev–Trinajstić information content (AvgIpc) is 2.28. The van der Waals surface area contributed by atoms with Crippen LogP contribution in [0.3, 0.4) is 0 Å². The lowest BCUT2D eigenvalue weighted by atomic mass is 10.1. The van der Waals surface area contributed by atoms with Crippen LogP contribution in [0.2, 0.25) is 10.2 Å². The Bertz CT molecular complexity index is 568. The van der Waals surface area contributed by atoms with Crippen LogP contribution in [0, 0.1) is 6.92 Å². The Morgan fingerprint density at radius 2 is 1.89 bits per heavy atom. The fourth-order valence-corrected chi connectivity index (χ4v) is 2.28. The molecule has 0 fully saturated rings. The molecule has 2 nitrogen and oxygen atoms in total. The molecule has 2 rings (SSSR count). The zero-order valence-corrected chi connectivity index (χ0v) is 11.9. The van der Waals surface area contributed by atoms with Crippen LogP contribution in [-0.2, 0) is 6.42 Å². The van der Waals surface area contributed by atoms with Crippen molar-refractivity contribution in [2.75, 3.05) is 0 Å². The van der Waals surface area contributed by atoms with Crippen LogP contribution in [0.25, 0.3) is 11.4 Å². The Kier molecular flexibility index (Phi) is 4.20. The summed E-state index contributed by atoms with van der Waals surface area (Å²) in [5, 5.41) is 1.20. The second-order valence-electron chi connectivity index (χ2n) is 4.21. The highest BCUT2D eigenvalue weighted by atomic mass is 35.5. The molecule has 0 saturated heterocycles. The lowest BCUT2D eigenvalue weighted by Crippen LogP contribution is -1.97. The minimum absolute atomic E-state index is 0.484. The molecule has 0 aliphatic rings. The van der Waals surface area contributed by atoms with Gasteiger partial charge in [-0.3, -0.25) is 0 Å². The number of hydrogen-bond acceptors (Lipinski definition) is 2. The topological polar surface area (TPSA) is 25.8 Å². The van der Waals surface area contributed by atoms with Crippen molar-refractivity contribution < 1.29 is 0 Å². The maximum absolute atomic E-state index is 6.04. The summed E-state index contributed by atoms with van der Waals surface area (Å²) in [5.41, 5.74) is 2.99. The molecule has 0 saturated carbocycles. The largest absolute Gasteiger partial charge is 0.233 e. The van der Waals surface area contributed by atoms with Gasteiger partial charge in [-0.15, -0.1) is 0 Å². The lowest BCUT2D eigenvalue weighted by Gasteiger charge is -2.07. The SMILES string of the molecule is CCCc1cc(Cl)nc(-c2ccc(Cl)cc2C)n1. The molecule has 0 unspecified atom stereocenters. The van der Waals surface area contributed by atoms with E-state index in [4.69, 9.17) is 23.2 Å². The summed E-state index contributed by atoms with van der Waals surface area (Å²) in [7, 11) is 0. The molecular formula is C14H14Cl2N2. The summed E-state index contributed by atoms with van der Waals surface area (Å²) in [5.74, 6) is 0.667. The first kappa shape index (κ1) is 13.3. The number of rotatable bonds is 3. The number of hydrogen-bond donors (Lipinski definition) is 0. The monoisotopic (exact) mass is 280 g/mol. The Balaban J connectivity index is 2.49. The zero-order chi connectivity index (χ0) is 13.1. The molecular weight excluding hydrogens is 267 g/mol. The van der Waals surface area contributed by atoms with E-state index in [-0.39, 0.29) is 0 Å². The first-order chi connectivity index (χ1) is 8.60. The molecule has 1 heterocycles. The maximum Gasteiger partial charge on any atom is 0.161 e. The van der Waals surface area contributed by atoms with Gasteiger partial charge in [-0.1, -0.05) is 36.5 Å². The normalized spacial score (nSPS) is 10.7. The molecule has 0 atom stereocenters. The van der Waals surface area contributed by atoms with Gasteiger partial charge >= 0.3 is 0 Å². The Hall–Kier alpha value is -1.12. The van der Waals surface area contributed by atoms with Crippen LogP contribution in [0.4, 0.5) is 0 Å². The minimum Gasteiger partial charge on any atom is -0.233 e. The van der Waals surface area contributed by atoms with E-state index in [1.165, 1.54) is 0 Å². The maximum atomic E-state index is 6.04. The molecule has 0 aliphatic heterocycles. The van der Waals surface area contributed by atoms with Crippen molar-refractivity contribution in [3.63, 3.8) is 0 Å². The van der Waals surface area contributed by atoms with E-state index in [1.54, 1.807) is 0 Å². The highest BCUT2D eigenvalue weighted by Gasteiger charge is 2.08. The molecule has 1 aromatic heterocycles. The van der Waals surface area contributed by atoms with Crippen molar-refractivity contribution >= 4 is 23.2 Å². The Morgan fingerprint density at radius 1 is 1.11 bits per heavy atom. The van der Waals surface area contributed by atoms with E-state index in [2.05, 4.69) is 16.9 Å². The van der Waals surface area contributed by atoms with Crippen molar-refractivity contribution in [3.8, 4) is 11.4 Å². The minimum atomic E-state index is 0.484. The van der Waals surface area contributed by atoms with Gasteiger partial charge < -0.3 is 0 Å². The van der Waals surface area contributed by atoms with E-state index in [9.17, 15) is 0 Å². The van der Waals surface area contributed by atoms with Gasteiger partial charge in [-0.05, 0) is 43.2 Å². The fraction of sp³-hybridized carbons (Fsp3) is 0.286. The zero-order valence-electron chi connectivity index (χ0n) is 10.4. The highest BCUT2D eigenvalue weighted by Crippen LogP contribution is 2.24. The van der Waals surface area contributed by atoms with Crippen molar-refractivity contribution in [1.82, 2.24) is 9.97 Å². The Labute approximate surface area is 117 Å². The predicted octanol–water partition coefficient (Wildman–Crippen LogP) is 4.71. The molecule has 18 heavy (non-hydrogen) atoms. The standard InChI is InChI=1S/C14H14Cl2N2/c1-3-4-11-8-13(16)18-14(17-11)12-6-5-10(15)7-9(12)2/h5-8H,3-4H2,1-2H3. The molecule has 0 bridgehead atoms. The van der Waals surface area contributed by atoms with E-state index >= 15 is 0 Å². The highest BCUT2D eigenvalue weighted by molar-refractivity contribution is 6.30. The van der Waals surface area contributed by atoms with E-state index in [0.29, 0.717) is 16.0 Å². The van der Waals surface area contributed by atoms with Gasteiger partial charge in [0.2, 0.25) is 0 Å². The van der Waals surface area contributed by atoms with Crippen LogP contribution in [-0.4, -0.2) is 9.97 Å². The molecule has 0 radical (unpaired) electrons. The quantitative estimate of drug-likeness (QED) is 0.761. The summed E-state index contributed by atoms with van der Waals surface area (Å²) < 4.78 is 0. The third-order valence-electron chi connectivity index (χ3n) is 2.68. The molecule has 4 heteroatoms. The van der Waals surface area contributed by atoms with Crippen LogP contribution < -0.4 is 0 Å². The molecule has 2 aromatic rings. The predicted molar refractivity (Wildman–Crippen MR) is 76.2 cm³/mol. The van der Waals surface area contributed by atoms with Crippen molar-refractivity contribution in [2.24, 2.45) is 0 Å². The molecule has 1 aromatic carbocycles. The van der Waals surface area contributed by atoms with Crippen LogP contribution in [0.15, 0.2) is 24.3 Å². The number of aryl methyl sites for hydroxylation is 2. The van der Waals surface area contributed by atoms with Crippen molar-refractivity contribution in [2.45, 2.75) is 26.7 Å². The summed E-state index contributed by atoms with van der Waals surface area (Å²) in [6.07, 6.45) is 1.94. The third kappa shape index (κ3) is 3.01. The molecule has 0 aliphatic carbocycles. The van der Waals surface area contributed by atoms with Crippen LogP contribution >= 0.6 is 23.2 Å². The van der Waals surface area contributed by atoms with Gasteiger partial charge in [0, 0.05) is 16.3 Å².